The maximum Gasteiger partial charge on any atom is 0.331 e. The van der Waals surface area contributed by atoms with Gasteiger partial charge in [-0.15, -0.1) is 0 Å². The van der Waals surface area contributed by atoms with Gasteiger partial charge in [0.2, 0.25) is 5.91 Å². The minimum atomic E-state index is -1.05. The number of ether oxygens (including phenoxy) is 1. The van der Waals surface area contributed by atoms with Crippen LogP contribution in [0.15, 0.2) is 18.2 Å². The fourth-order valence-electron chi connectivity index (χ4n) is 2.97. The van der Waals surface area contributed by atoms with Crippen LogP contribution < -0.4 is 10.6 Å². The first-order valence-corrected chi connectivity index (χ1v) is 7.86. The molecule has 6 nitrogen and oxygen atoms in total. The van der Waals surface area contributed by atoms with Gasteiger partial charge >= 0.3 is 5.97 Å². The molecular formula is C17H21FN2O4. The van der Waals surface area contributed by atoms with E-state index in [0.717, 1.165) is 25.3 Å². The highest BCUT2D eigenvalue weighted by Gasteiger charge is 2.42. The van der Waals surface area contributed by atoms with Gasteiger partial charge in [0.05, 0.1) is 12.8 Å². The second kappa shape index (κ2) is 7.42. The SMILES string of the molecule is COC(=O)C1(NC(=O)c2ccc(F)c(NC(C)=O)c2)CCCCC1. The van der Waals surface area contributed by atoms with Crippen LogP contribution in [-0.2, 0) is 14.3 Å². The van der Waals surface area contributed by atoms with Crippen molar-refractivity contribution >= 4 is 23.5 Å². The Bertz CT molecular complexity index is 654. The number of hydrogen-bond donors (Lipinski definition) is 2. The smallest absolute Gasteiger partial charge is 0.331 e. The molecule has 1 saturated carbocycles. The summed E-state index contributed by atoms with van der Waals surface area (Å²) in [5.74, 6) is -2.06. The third kappa shape index (κ3) is 3.90. The highest BCUT2D eigenvalue weighted by Crippen LogP contribution is 2.30. The minimum Gasteiger partial charge on any atom is -0.467 e. The number of rotatable bonds is 4. The number of benzene rings is 1. The molecule has 24 heavy (non-hydrogen) atoms. The van der Waals surface area contributed by atoms with Gasteiger partial charge in [-0.3, -0.25) is 9.59 Å². The number of methoxy groups -OCH3 is 1. The van der Waals surface area contributed by atoms with Gasteiger partial charge in [0.15, 0.2) is 0 Å². The number of carbonyl (C=O) groups is 3. The van der Waals surface area contributed by atoms with Crippen LogP contribution in [0.25, 0.3) is 0 Å². The number of nitrogens with one attached hydrogen (secondary N) is 2. The molecule has 1 fully saturated rings. The zero-order valence-electron chi connectivity index (χ0n) is 13.8. The number of carbonyl (C=O) groups excluding carboxylic acids is 3. The van der Waals surface area contributed by atoms with Crippen molar-refractivity contribution in [2.75, 3.05) is 12.4 Å². The van der Waals surface area contributed by atoms with Gasteiger partial charge in [-0.25, -0.2) is 9.18 Å². The van der Waals surface area contributed by atoms with E-state index >= 15 is 0 Å². The molecule has 0 unspecified atom stereocenters. The maximum absolute atomic E-state index is 13.7. The molecule has 0 bridgehead atoms. The van der Waals surface area contributed by atoms with E-state index in [1.165, 1.54) is 26.2 Å². The zero-order chi connectivity index (χ0) is 17.7. The summed E-state index contributed by atoms with van der Waals surface area (Å²) < 4.78 is 18.5. The molecule has 0 spiro atoms. The van der Waals surface area contributed by atoms with Crippen LogP contribution in [0.1, 0.15) is 49.4 Å². The quantitative estimate of drug-likeness (QED) is 0.827. The molecule has 1 aromatic rings. The molecule has 1 aliphatic rings. The van der Waals surface area contributed by atoms with E-state index in [9.17, 15) is 18.8 Å². The second-order valence-electron chi connectivity index (χ2n) is 5.96. The predicted molar refractivity (Wildman–Crippen MR) is 86.0 cm³/mol. The lowest BCUT2D eigenvalue weighted by atomic mass is 9.81. The first-order valence-electron chi connectivity index (χ1n) is 7.86. The lowest BCUT2D eigenvalue weighted by Crippen LogP contribution is -2.56. The first-order chi connectivity index (χ1) is 11.4. The van der Waals surface area contributed by atoms with Crippen molar-refractivity contribution in [1.82, 2.24) is 5.32 Å². The normalized spacial score (nSPS) is 16.1. The Hall–Kier alpha value is -2.44. The van der Waals surface area contributed by atoms with Gasteiger partial charge in [0.1, 0.15) is 11.4 Å². The van der Waals surface area contributed by atoms with Gasteiger partial charge in [0, 0.05) is 12.5 Å². The Labute approximate surface area is 139 Å². The van der Waals surface area contributed by atoms with Gasteiger partial charge in [-0.2, -0.15) is 0 Å². The van der Waals surface area contributed by atoms with Crippen LogP contribution in [0.5, 0.6) is 0 Å². The fraction of sp³-hybridized carbons (Fsp3) is 0.471. The molecule has 0 aromatic heterocycles. The largest absolute Gasteiger partial charge is 0.467 e. The van der Waals surface area contributed by atoms with Crippen LogP contribution in [0, 0.1) is 5.82 Å². The summed E-state index contributed by atoms with van der Waals surface area (Å²) in [5.41, 5.74) is -0.966. The van der Waals surface area contributed by atoms with Crippen LogP contribution >= 0.6 is 0 Å². The fourth-order valence-corrected chi connectivity index (χ4v) is 2.97. The average Bonchev–Trinajstić information content (AvgIpc) is 2.56. The lowest BCUT2D eigenvalue weighted by Gasteiger charge is -2.35. The summed E-state index contributed by atoms with van der Waals surface area (Å²) in [6, 6.07) is 3.66. The van der Waals surface area contributed by atoms with Gasteiger partial charge in [0.25, 0.3) is 5.91 Å². The van der Waals surface area contributed by atoms with E-state index in [1.807, 2.05) is 0 Å². The maximum atomic E-state index is 13.7. The molecule has 2 N–H and O–H groups in total. The number of anilines is 1. The molecule has 0 saturated heterocycles. The highest BCUT2D eigenvalue weighted by molar-refractivity contribution is 5.99. The molecule has 0 heterocycles. The van der Waals surface area contributed by atoms with Crippen LogP contribution in [0.2, 0.25) is 0 Å². The Kier molecular flexibility index (Phi) is 5.54. The molecule has 0 radical (unpaired) electrons. The molecule has 0 atom stereocenters. The van der Waals surface area contributed by atoms with E-state index in [-0.39, 0.29) is 11.3 Å². The van der Waals surface area contributed by atoms with Gasteiger partial charge < -0.3 is 15.4 Å². The minimum absolute atomic E-state index is 0.0779. The molecule has 2 amide bonds. The van der Waals surface area contributed by atoms with Crippen molar-refractivity contribution in [3.05, 3.63) is 29.6 Å². The Morgan fingerprint density at radius 2 is 1.83 bits per heavy atom. The summed E-state index contributed by atoms with van der Waals surface area (Å²) in [5, 5.41) is 5.08. The van der Waals surface area contributed by atoms with E-state index in [2.05, 4.69) is 10.6 Å². The molecule has 1 aromatic carbocycles. The number of halogens is 1. The number of esters is 1. The van der Waals surface area contributed by atoms with Crippen molar-refractivity contribution in [3.63, 3.8) is 0 Å². The molecule has 0 aliphatic heterocycles. The van der Waals surface area contributed by atoms with Crippen molar-refractivity contribution in [2.24, 2.45) is 0 Å². The molecule has 7 heteroatoms. The van der Waals surface area contributed by atoms with Crippen molar-refractivity contribution < 1.29 is 23.5 Å². The number of hydrogen-bond acceptors (Lipinski definition) is 4. The third-order valence-corrected chi connectivity index (χ3v) is 4.18. The average molecular weight is 336 g/mol. The Morgan fingerprint density at radius 1 is 1.17 bits per heavy atom. The predicted octanol–water partition coefficient (Wildman–Crippen LogP) is 2.39. The Morgan fingerprint density at radius 3 is 2.42 bits per heavy atom. The molecule has 1 aliphatic carbocycles. The summed E-state index contributed by atoms with van der Waals surface area (Å²) >= 11 is 0. The molecular weight excluding hydrogens is 315 g/mol. The van der Waals surface area contributed by atoms with Crippen molar-refractivity contribution in [3.8, 4) is 0 Å². The van der Waals surface area contributed by atoms with Crippen LogP contribution in [0.4, 0.5) is 10.1 Å². The standard InChI is InChI=1S/C17H21FN2O4/c1-11(21)19-14-10-12(6-7-13(14)18)15(22)20-17(16(23)24-2)8-4-3-5-9-17/h6-7,10H,3-5,8-9H2,1-2H3,(H,19,21)(H,20,22). The summed E-state index contributed by atoms with van der Waals surface area (Å²) in [6.45, 7) is 1.25. The molecule has 130 valence electrons. The second-order valence-corrected chi connectivity index (χ2v) is 5.96. The lowest BCUT2D eigenvalue weighted by molar-refractivity contribution is -0.149. The van der Waals surface area contributed by atoms with E-state index in [0.29, 0.717) is 12.8 Å². The first kappa shape index (κ1) is 17.9. The summed E-state index contributed by atoms with van der Waals surface area (Å²) in [4.78, 5) is 35.8. The topological polar surface area (TPSA) is 84.5 Å². The van der Waals surface area contributed by atoms with Crippen molar-refractivity contribution in [2.45, 2.75) is 44.6 Å². The van der Waals surface area contributed by atoms with Gasteiger partial charge in [-0.1, -0.05) is 19.3 Å². The monoisotopic (exact) mass is 336 g/mol. The van der Waals surface area contributed by atoms with E-state index < -0.39 is 29.1 Å². The molecule has 2 rings (SSSR count). The zero-order valence-corrected chi connectivity index (χ0v) is 13.8. The summed E-state index contributed by atoms with van der Waals surface area (Å²) in [7, 11) is 1.29. The van der Waals surface area contributed by atoms with Gasteiger partial charge in [-0.05, 0) is 31.0 Å². The number of amides is 2. The highest BCUT2D eigenvalue weighted by atomic mass is 19.1. The van der Waals surface area contributed by atoms with Crippen molar-refractivity contribution in [1.29, 1.82) is 0 Å². The van der Waals surface area contributed by atoms with Crippen LogP contribution in [-0.4, -0.2) is 30.4 Å². The third-order valence-electron chi connectivity index (χ3n) is 4.18. The Balaban J connectivity index is 2.24. The van der Waals surface area contributed by atoms with Crippen LogP contribution in [0.3, 0.4) is 0 Å². The van der Waals surface area contributed by atoms with E-state index in [1.54, 1.807) is 0 Å². The summed E-state index contributed by atoms with van der Waals surface area (Å²) in [6.07, 6.45) is 3.64. The van der Waals surface area contributed by atoms with E-state index in [4.69, 9.17) is 4.74 Å².